The van der Waals surface area contributed by atoms with Gasteiger partial charge in [-0.2, -0.15) is 0 Å². The maximum Gasteiger partial charge on any atom is 0.274 e. The maximum atomic E-state index is 12.3. The Bertz CT molecular complexity index is 569. The topological polar surface area (TPSA) is 49.4 Å². The number of carbonyl (C=O) groups excluding carboxylic acids is 2. The van der Waals surface area contributed by atoms with Gasteiger partial charge in [-0.25, -0.2) is 0 Å². The minimum atomic E-state index is -2.08. The Morgan fingerprint density at radius 1 is 1.40 bits per heavy atom. The fourth-order valence-electron chi connectivity index (χ4n) is 2.06. The van der Waals surface area contributed by atoms with E-state index in [2.05, 4.69) is 11.9 Å². The van der Waals surface area contributed by atoms with E-state index < -0.39 is 15.9 Å². The Kier molecular flexibility index (Phi) is 4.28. The summed E-state index contributed by atoms with van der Waals surface area (Å²) in [7, 11) is 0. The molecule has 2 rings (SSSR count). The van der Waals surface area contributed by atoms with Gasteiger partial charge >= 0.3 is 0 Å². The van der Waals surface area contributed by atoms with E-state index in [0.29, 0.717) is 11.1 Å². The number of hydrogen-bond acceptors (Lipinski definition) is 2. The first-order valence-electron chi connectivity index (χ1n) is 5.74. The number of alkyl halides is 3. The van der Waals surface area contributed by atoms with Crippen LogP contribution in [0.5, 0.6) is 0 Å². The minimum Gasteiger partial charge on any atom is -0.328 e. The van der Waals surface area contributed by atoms with Gasteiger partial charge in [0.15, 0.2) is 0 Å². The number of amides is 2. The molecule has 0 saturated heterocycles. The fourth-order valence-corrected chi connectivity index (χ4v) is 2.22. The highest BCUT2D eigenvalue weighted by Crippen LogP contribution is 2.33. The number of rotatable bonds is 3. The van der Waals surface area contributed by atoms with Crippen molar-refractivity contribution in [3.63, 3.8) is 0 Å². The van der Waals surface area contributed by atoms with Gasteiger partial charge in [-0.3, -0.25) is 9.59 Å². The van der Waals surface area contributed by atoms with Crippen LogP contribution < -0.4 is 5.32 Å². The lowest BCUT2D eigenvalue weighted by Crippen LogP contribution is -2.44. The van der Waals surface area contributed by atoms with Crippen molar-refractivity contribution in [1.29, 1.82) is 0 Å². The van der Waals surface area contributed by atoms with Crippen molar-refractivity contribution in [2.75, 3.05) is 6.54 Å². The maximum absolute atomic E-state index is 12.3. The zero-order chi connectivity index (χ0) is 14.9. The van der Waals surface area contributed by atoms with Crippen LogP contribution in [0.15, 0.2) is 36.9 Å². The monoisotopic (exact) mass is 332 g/mol. The molecular weight excluding hydrogens is 323 g/mol. The summed E-state index contributed by atoms with van der Waals surface area (Å²) in [5.74, 6) is -0.985. The van der Waals surface area contributed by atoms with Crippen molar-refractivity contribution in [2.24, 2.45) is 0 Å². The van der Waals surface area contributed by atoms with Crippen molar-refractivity contribution in [3.8, 4) is 0 Å². The smallest absolute Gasteiger partial charge is 0.274 e. The van der Waals surface area contributed by atoms with Crippen molar-refractivity contribution < 1.29 is 9.59 Å². The molecule has 1 aromatic rings. The number of hydrogen-bond donors (Lipinski definition) is 1. The Morgan fingerprint density at radius 2 is 2.05 bits per heavy atom. The molecule has 1 atom stereocenters. The van der Waals surface area contributed by atoms with Gasteiger partial charge in [-0.1, -0.05) is 59.1 Å². The third-order valence-corrected chi connectivity index (χ3v) is 3.42. The Morgan fingerprint density at radius 3 is 2.65 bits per heavy atom. The van der Waals surface area contributed by atoms with Gasteiger partial charge in [0.25, 0.3) is 15.6 Å². The Hall–Kier alpha value is -1.23. The van der Waals surface area contributed by atoms with Crippen LogP contribution in [0.1, 0.15) is 22.1 Å². The molecule has 0 fully saturated rings. The summed E-state index contributed by atoms with van der Waals surface area (Å²) in [4.78, 5) is 25.5. The van der Waals surface area contributed by atoms with E-state index in [1.807, 2.05) is 0 Å². The second-order valence-electron chi connectivity index (χ2n) is 4.21. The molecule has 7 heteroatoms. The van der Waals surface area contributed by atoms with Gasteiger partial charge in [-0.15, -0.1) is 6.58 Å². The third kappa shape index (κ3) is 2.77. The van der Waals surface area contributed by atoms with Crippen LogP contribution in [0.3, 0.4) is 0 Å². The average Bonchev–Trinajstić information content (AvgIpc) is 2.64. The molecule has 1 aliphatic heterocycles. The second kappa shape index (κ2) is 5.64. The van der Waals surface area contributed by atoms with Crippen LogP contribution >= 0.6 is 34.8 Å². The number of fused-ring (bicyclic) bond motifs is 1. The average molecular weight is 334 g/mol. The Labute approximate surface area is 131 Å². The lowest BCUT2D eigenvalue weighted by atomic mass is 10.1. The summed E-state index contributed by atoms with van der Waals surface area (Å²) in [6, 6.07) is 6.97. The number of halogens is 3. The molecule has 1 aromatic carbocycles. The first kappa shape index (κ1) is 15.2. The molecule has 0 spiro atoms. The van der Waals surface area contributed by atoms with Crippen LogP contribution in [0.25, 0.3) is 0 Å². The van der Waals surface area contributed by atoms with Crippen molar-refractivity contribution >= 4 is 46.6 Å². The summed E-state index contributed by atoms with van der Waals surface area (Å²) in [6.07, 6.45) is 0.901. The van der Waals surface area contributed by atoms with Crippen molar-refractivity contribution in [3.05, 3.63) is 48.0 Å². The van der Waals surface area contributed by atoms with Crippen molar-refractivity contribution in [2.45, 2.75) is 9.96 Å². The van der Waals surface area contributed by atoms with Gasteiger partial charge in [0, 0.05) is 17.7 Å². The predicted octanol–water partition coefficient (Wildman–Crippen LogP) is 2.81. The lowest BCUT2D eigenvalue weighted by molar-refractivity contribution is -0.121. The Balaban J connectivity index is 2.35. The van der Waals surface area contributed by atoms with E-state index in [1.54, 1.807) is 30.3 Å². The quantitative estimate of drug-likeness (QED) is 0.683. The summed E-state index contributed by atoms with van der Waals surface area (Å²) in [5.41, 5.74) is 1.19. The van der Waals surface area contributed by atoms with Crippen LogP contribution in [0.4, 0.5) is 0 Å². The van der Waals surface area contributed by atoms with Crippen LogP contribution in [-0.4, -0.2) is 27.1 Å². The number of benzene rings is 1. The highest BCUT2D eigenvalue weighted by atomic mass is 35.6. The summed E-state index contributed by atoms with van der Waals surface area (Å²) in [5, 5.41) is 2.56. The molecule has 2 amide bonds. The van der Waals surface area contributed by atoms with E-state index >= 15 is 0 Å². The van der Waals surface area contributed by atoms with Gasteiger partial charge in [0.05, 0.1) is 0 Å². The number of nitrogens with one attached hydrogen (secondary N) is 1. The predicted molar refractivity (Wildman–Crippen MR) is 78.8 cm³/mol. The molecule has 106 valence electrons. The van der Waals surface area contributed by atoms with E-state index in [9.17, 15) is 9.59 Å². The number of nitrogens with zero attached hydrogens (tertiary/aromatic N) is 1. The first-order chi connectivity index (χ1) is 9.36. The molecule has 1 unspecified atom stereocenters. The van der Waals surface area contributed by atoms with Crippen LogP contribution in [0, 0.1) is 0 Å². The fraction of sp³-hybridized carbons (Fsp3) is 0.231. The SMILES string of the molecule is C=CCN1C(=O)c2ccccc2C1NC(=O)C(Cl)(Cl)Cl. The lowest BCUT2D eigenvalue weighted by Gasteiger charge is -2.26. The summed E-state index contributed by atoms with van der Waals surface area (Å²) >= 11 is 16.6. The zero-order valence-electron chi connectivity index (χ0n) is 10.3. The van der Waals surface area contributed by atoms with Gasteiger partial charge in [-0.05, 0) is 6.07 Å². The van der Waals surface area contributed by atoms with E-state index in [0.717, 1.165) is 0 Å². The molecule has 0 bridgehead atoms. The number of carbonyl (C=O) groups is 2. The molecule has 0 saturated carbocycles. The highest BCUT2D eigenvalue weighted by molar-refractivity contribution is 6.76. The molecule has 20 heavy (non-hydrogen) atoms. The normalized spacial score (nSPS) is 17.9. The molecular formula is C13H11Cl3N2O2. The van der Waals surface area contributed by atoms with Gasteiger partial charge in [0.1, 0.15) is 6.17 Å². The molecule has 0 aromatic heterocycles. The standard InChI is InChI=1S/C13H11Cl3N2O2/c1-2-7-18-10(17-12(20)13(14,15)16)8-5-3-4-6-9(8)11(18)19/h2-6,10H,1,7H2,(H,17,20). The molecule has 1 N–H and O–H groups in total. The third-order valence-electron chi connectivity index (χ3n) is 2.91. The summed E-state index contributed by atoms with van der Waals surface area (Å²) in [6.45, 7) is 3.88. The van der Waals surface area contributed by atoms with Gasteiger partial charge in [0.2, 0.25) is 0 Å². The van der Waals surface area contributed by atoms with Gasteiger partial charge < -0.3 is 10.2 Å². The minimum absolute atomic E-state index is 0.199. The van der Waals surface area contributed by atoms with E-state index in [1.165, 1.54) is 4.90 Å². The summed E-state index contributed by atoms with van der Waals surface area (Å²) < 4.78 is -2.08. The second-order valence-corrected chi connectivity index (χ2v) is 6.49. The van der Waals surface area contributed by atoms with Crippen LogP contribution in [0.2, 0.25) is 0 Å². The van der Waals surface area contributed by atoms with E-state index in [4.69, 9.17) is 34.8 Å². The highest BCUT2D eigenvalue weighted by Gasteiger charge is 2.40. The zero-order valence-corrected chi connectivity index (χ0v) is 12.5. The largest absolute Gasteiger partial charge is 0.328 e. The van der Waals surface area contributed by atoms with Crippen LogP contribution in [-0.2, 0) is 4.79 Å². The molecule has 0 radical (unpaired) electrons. The molecule has 1 aliphatic rings. The molecule has 4 nitrogen and oxygen atoms in total. The molecule has 0 aliphatic carbocycles. The molecule has 1 heterocycles. The van der Waals surface area contributed by atoms with E-state index in [-0.39, 0.29) is 12.5 Å². The first-order valence-corrected chi connectivity index (χ1v) is 6.88. The van der Waals surface area contributed by atoms with Crippen molar-refractivity contribution in [1.82, 2.24) is 10.2 Å².